The highest BCUT2D eigenvalue weighted by atomic mass is 16.2. The molecule has 1 heterocycles. The van der Waals surface area contributed by atoms with Gasteiger partial charge in [-0.1, -0.05) is 25.1 Å². The lowest BCUT2D eigenvalue weighted by Crippen LogP contribution is -2.33. The Morgan fingerprint density at radius 1 is 1.19 bits per heavy atom. The number of aryl methyl sites for hydroxylation is 2. The van der Waals surface area contributed by atoms with Crippen LogP contribution in [0.1, 0.15) is 42.6 Å². The molecule has 2 aromatic rings. The summed E-state index contributed by atoms with van der Waals surface area (Å²) in [4.78, 5) is 30.3. The first-order valence-electron chi connectivity index (χ1n) is 9.18. The lowest BCUT2D eigenvalue weighted by atomic mass is 10.1. The Kier molecular flexibility index (Phi) is 7.34. The Labute approximate surface area is 161 Å². The summed E-state index contributed by atoms with van der Waals surface area (Å²) in [5.41, 5.74) is 3.60. The number of para-hydroxylation sites is 1. The predicted octanol–water partition coefficient (Wildman–Crippen LogP) is 3.68. The number of anilines is 1. The Morgan fingerprint density at radius 2 is 1.93 bits per heavy atom. The second kappa shape index (κ2) is 9.71. The van der Waals surface area contributed by atoms with Gasteiger partial charge in [-0.05, 0) is 49.1 Å². The highest BCUT2D eigenvalue weighted by molar-refractivity contribution is 5.90. The molecule has 1 unspecified atom stereocenters. The van der Waals surface area contributed by atoms with Gasteiger partial charge in [-0.3, -0.25) is 9.78 Å². The predicted molar refractivity (Wildman–Crippen MR) is 108 cm³/mol. The van der Waals surface area contributed by atoms with E-state index in [-0.39, 0.29) is 18.0 Å². The van der Waals surface area contributed by atoms with Crippen LogP contribution in [0.5, 0.6) is 0 Å². The molecule has 6 nitrogen and oxygen atoms in total. The maximum atomic E-state index is 12.5. The topological polar surface area (TPSA) is 74.3 Å². The summed E-state index contributed by atoms with van der Waals surface area (Å²) in [6.07, 6.45) is 3.47. The van der Waals surface area contributed by atoms with E-state index in [9.17, 15) is 9.59 Å². The summed E-state index contributed by atoms with van der Waals surface area (Å²) in [6, 6.07) is 11.0. The molecule has 2 N–H and O–H groups in total. The summed E-state index contributed by atoms with van der Waals surface area (Å²) in [7, 11) is 3.48. The summed E-state index contributed by atoms with van der Waals surface area (Å²) in [5, 5.41) is 5.89. The molecule has 0 spiro atoms. The molecule has 0 radical (unpaired) electrons. The number of pyridine rings is 1. The zero-order chi connectivity index (χ0) is 19.8. The van der Waals surface area contributed by atoms with Crippen LogP contribution in [0.4, 0.5) is 10.5 Å². The number of nitrogens with one attached hydrogen (secondary N) is 2. The minimum atomic E-state index is -0.281. The lowest BCUT2D eigenvalue weighted by Gasteiger charge is -2.18. The Morgan fingerprint density at radius 3 is 2.59 bits per heavy atom. The van der Waals surface area contributed by atoms with Crippen molar-refractivity contribution < 1.29 is 9.59 Å². The van der Waals surface area contributed by atoms with Crippen LogP contribution in [0.2, 0.25) is 0 Å². The van der Waals surface area contributed by atoms with E-state index in [0.717, 1.165) is 23.2 Å². The van der Waals surface area contributed by atoms with E-state index in [2.05, 4.69) is 15.6 Å². The van der Waals surface area contributed by atoms with Crippen LogP contribution >= 0.6 is 0 Å². The molecule has 0 aliphatic heterocycles. The lowest BCUT2D eigenvalue weighted by molar-refractivity contribution is -0.128. The molecular formula is C21H28N4O2. The second-order valence-electron chi connectivity index (χ2n) is 6.76. The van der Waals surface area contributed by atoms with Crippen molar-refractivity contribution in [3.8, 4) is 0 Å². The fourth-order valence-electron chi connectivity index (χ4n) is 2.78. The van der Waals surface area contributed by atoms with Crippen LogP contribution in [0.15, 0.2) is 42.6 Å². The molecule has 6 heteroatoms. The number of amides is 3. The molecular weight excluding hydrogens is 340 g/mol. The van der Waals surface area contributed by atoms with Crippen LogP contribution < -0.4 is 10.6 Å². The van der Waals surface area contributed by atoms with Gasteiger partial charge in [-0.2, -0.15) is 0 Å². The van der Waals surface area contributed by atoms with E-state index < -0.39 is 0 Å². The van der Waals surface area contributed by atoms with Gasteiger partial charge >= 0.3 is 6.03 Å². The molecule has 1 atom stereocenters. The summed E-state index contributed by atoms with van der Waals surface area (Å²) in [5.74, 6) is 0.0609. The van der Waals surface area contributed by atoms with E-state index in [0.29, 0.717) is 18.5 Å². The number of benzene rings is 1. The number of nitrogens with zero attached hydrogens (tertiary/aromatic N) is 2. The van der Waals surface area contributed by atoms with Gasteiger partial charge in [0.15, 0.2) is 0 Å². The summed E-state index contributed by atoms with van der Waals surface area (Å²) in [6.45, 7) is 4.01. The van der Waals surface area contributed by atoms with Crippen molar-refractivity contribution in [3.63, 3.8) is 0 Å². The van der Waals surface area contributed by atoms with Crippen molar-refractivity contribution >= 4 is 17.6 Å². The van der Waals surface area contributed by atoms with Gasteiger partial charge in [0.2, 0.25) is 5.91 Å². The highest BCUT2D eigenvalue weighted by Gasteiger charge is 2.15. The summed E-state index contributed by atoms with van der Waals surface area (Å²) < 4.78 is 0. The van der Waals surface area contributed by atoms with Crippen LogP contribution in [-0.2, 0) is 11.2 Å². The van der Waals surface area contributed by atoms with Gasteiger partial charge in [0.1, 0.15) is 0 Å². The summed E-state index contributed by atoms with van der Waals surface area (Å²) >= 11 is 0. The van der Waals surface area contributed by atoms with Crippen molar-refractivity contribution in [1.29, 1.82) is 0 Å². The zero-order valence-corrected chi connectivity index (χ0v) is 16.5. The largest absolute Gasteiger partial charge is 0.349 e. The molecule has 2 rings (SSSR count). The molecule has 0 saturated carbocycles. The van der Waals surface area contributed by atoms with E-state index in [1.165, 1.54) is 0 Å². The van der Waals surface area contributed by atoms with Crippen molar-refractivity contribution in [2.45, 2.75) is 39.2 Å². The SMILES string of the molecule is CCC(NC(=O)Nc1ccccc1CCC(=O)N(C)C)c1cc(C)ccn1. The van der Waals surface area contributed by atoms with Crippen molar-refractivity contribution in [2.75, 3.05) is 19.4 Å². The monoisotopic (exact) mass is 368 g/mol. The molecule has 0 aliphatic carbocycles. The minimum Gasteiger partial charge on any atom is -0.349 e. The average Bonchev–Trinajstić information content (AvgIpc) is 2.65. The van der Waals surface area contributed by atoms with Crippen molar-refractivity contribution in [2.24, 2.45) is 0 Å². The van der Waals surface area contributed by atoms with Crippen LogP contribution in [-0.4, -0.2) is 35.9 Å². The smallest absolute Gasteiger partial charge is 0.319 e. The first-order valence-corrected chi connectivity index (χ1v) is 9.18. The van der Waals surface area contributed by atoms with Gasteiger partial charge in [-0.25, -0.2) is 4.79 Å². The van der Waals surface area contributed by atoms with E-state index in [1.807, 2.05) is 50.2 Å². The number of rotatable bonds is 7. The third-order valence-corrected chi connectivity index (χ3v) is 4.38. The maximum Gasteiger partial charge on any atom is 0.319 e. The zero-order valence-electron chi connectivity index (χ0n) is 16.5. The van der Waals surface area contributed by atoms with Crippen LogP contribution in [0, 0.1) is 6.92 Å². The first kappa shape index (κ1) is 20.4. The Balaban J connectivity index is 2.03. The van der Waals surface area contributed by atoms with E-state index >= 15 is 0 Å². The molecule has 3 amide bonds. The minimum absolute atomic E-state index is 0.0609. The van der Waals surface area contributed by atoms with Gasteiger partial charge in [0.05, 0.1) is 11.7 Å². The molecule has 0 bridgehead atoms. The van der Waals surface area contributed by atoms with Gasteiger partial charge in [0, 0.05) is 32.4 Å². The fourth-order valence-corrected chi connectivity index (χ4v) is 2.78. The maximum absolute atomic E-state index is 12.5. The molecule has 0 aliphatic rings. The van der Waals surface area contributed by atoms with Gasteiger partial charge in [-0.15, -0.1) is 0 Å². The third kappa shape index (κ3) is 6.09. The highest BCUT2D eigenvalue weighted by Crippen LogP contribution is 2.19. The number of aromatic nitrogens is 1. The normalized spacial score (nSPS) is 11.6. The third-order valence-electron chi connectivity index (χ3n) is 4.38. The number of hydrogen-bond acceptors (Lipinski definition) is 3. The second-order valence-corrected chi connectivity index (χ2v) is 6.76. The quantitative estimate of drug-likeness (QED) is 0.783. The first-order chi connectivity index (χ1) is 12.9. The molecule has 27 heavy (non-hydrogen) atoms. The standard InChI is InChI=1S/C21H28N4O2/c1-5-17(19-14-15(2)12-13-22-19)23-21(27)24-18-9-7-6-8-16(18)10-11-20(26)25(3)4/h6-9,12-14,17H,5,10-11H2,1-4H3,(H2,23,24,27). The van der Waals surface area contributed by atoms with Crippen LogP contribution in [0.3, 0.4) is 0 Å². The molecule has 0 fully saturated rings. The Bertz CT molecular complexity index is 789. The van der Waals surface area contributed by atoms with Crippen molar-refractivity contribution in [1.82, 2.24) is 15.2 Å². The molecule has 1 aromatic carbocycles. The van der Waals surface area contributed by atoms with E-state index in [4.69, 9.17) is 0 Å². The fraction of sp³-hybridized carbons (Fsp3) is 0.381. The van der Waals surface area contributed by atoms with E-state index in [1.54, 1.807) is 25.2 Å². The number of carbonyl (C=O) groups is 2. The van der Waals surface area contributed by atoms with Gasteiger partial charge < -0.3 is 15.5 Å². The number of urea groups is 1. The average molecular weight is 368 g/mol. The molecule has 0 saturated heterocycles. The number of hydrogen-bond donors (Lipinski definition) is 2. The Hall–Kier alpha value is -2.89. The van der Waals surface area contributed by atoms with Gasteiger partial charge in [0.25, 0.3) is 0 Å². The van der Waals surface area contributed by atoms with Crippen LogP contribution in [0.25, 0.3) is 0 Å². The number of carbonyl (C=O) groups excluding carboxylic acids is 2. The van der Waals surface area contributed by atoms with Crippen molar-refractivity contribution in [3.05, 3.63) is 59.4 Å². The molecule has 1 aromatic heterocycles. The molecule has 144 valence electrons.